The average Bonchev–Trinajstić information content (AvgIpc) is 3.21. The minimum absolute atomic E-state index is 0.0888. The van der Waals surface area contributed by atoms with Gasteiger partial charge in [-0.3, -0.25) is 15.0 Å². The quantitative estimate of drug-likeness (QED) is 0.0554. The Balaban J connectivity index is 1.26. The molecule has 5 aromatic carbocycles. The molecule has 1 aliphatic heterocycles. The summed E-state index contributed by atoms with van der Waals surface area (Å²) in [6.45, 7) is 6.18. The molecule has 11 heteroatoms. The van der Waals surface area contributed by atoms with Crippen LogP contribution in [0.2, 0.25) is 0 Å². The molecule has 0 aromatic heterocycles. The van der Waals surface area contributed by atoms with Crippen molar-refractivity contribution in [1.29, 1.82) is 0 Å². The number of para-hydroxylation sites is 1. The number of primary amides is 1. The maximum Gasteiger partial charge on any atom is 0.422 e. The Kier molecular flexibility index (Phi) is 13.3. The molecule has 296 valence electrons. The lowest BCUT2D eigenvalue weighted by Gasteiger charge is -2.37. The summed E-state index contributed by atoms with van der Waals surface area (Å²) in [6, 6.07) is 41.0. The predicted molar refractivity (Wildman–Crippen MR) is 222 cm³/mol. The topological polar surface area (TPSA) is 123 Å². The van der Waals surface area contributed by atoms with Gasteiger partial charge in [0.05, 0.1) is 23.0 Å². The Morgan fingerprint density at radius 3 is 1.96 bits per heavy atom. The highest BCUT2D eigenvalue weighted by molar-refractivity contribution is 8.00. The van der Waals surface area contributed by atoms with Crippen molar-refractivity contribution in [2.45, 2.75) is 62.5 Å². The van der Waals surface area contributed by atoms with Gasteiger partial charge < -0.3 is 20.5 Å². The monoisotopic (exact) mass is 788 g/mol. The molecule has 9 nitrogen and oxygen atoms in total. The smallest absolute Gasteiger partial charge is 0.422 e. The molecule has 0 saturated carbocycles. The zero-order chi connectivity index (χ0) is 40.4. The van der Waals surface area contributed by atoms with E-state index in [0.717, 1.165) is 22.4 Å². The number of carbonyl (C=O) groups is 3. The second kappa shape index (κ2) is 18.5. The molecule has 5 aromatic rings. The molecular weight excluding hydrogens is 740 g/mol. The van der Waals surface area contributed by atoms with Gasteiger partial charge in [0.15, 0.2) is 0 Å². The van der Waals surface area contributed by atoms with Gasteiger partial charge in [-0.2, -0.15) is 0 Å². The molecule has 2 atom stereocenters. The van der Waals surface area contributed by atoms with Crippen LogP contribution in [-0.4, -0.2) is 53.5 Å². The van der Waals surface area contributed by atoms with Gasteiger partial charge >= 0.3 is 6.09 Å². The first-order chi connectivity index (χ1) is 27.4. The van der Waals surface area contributed by atoms with Crippen molar-refractivity contribution in [2.75, 3.05) is 18.9 Å². The van der Waals surface area contributed by atoms with Gasteiger partial charge in [0, 0.05) is 24.9 Å². The van der Waals surface area contributed by atoms with E-state index in [9.17, 15) is 18.8 Å². The highest BCUT2D eigenvalue weighted by Crippen LogP contribution is 2.48. The van der Waals surface area contributed by atoms with Crippen molar-refractivity contribution in [3.8, 4) is 5.75 Å². The average molecular weight is 789 g/mol. The van der Waals surface area contributed by atoms with Gasteiger partial charge in [-0.25, -0.2) is 14.2 Å². The molecule has 6 rings (SSSR count). The number of rotatable bonds is 15. The first-order valence-corrected chi connectivity index (χ1v) is 20.1. The van der Waals surface area contributed by atoms with Crippen LogP contribution in [0.3, 0.4) is 0 Å². The van der Waals surface area contributed by atoms with Crippen LogP contribution in [0.15, 0.2) is 133 Å². The summed E-state index contributed by atoms with van der Waals surface area (Å²) >= 11 is 1.84. The molecule has 0 fully saturated rings. The van der Waals surface area contributed by atoms with Gasteiger partial charge in [0.2, 0.25) is 5.91 Å². The fourth-order valence-electron chi connectivity index (χ4n) is 7.16. The Bertz CT molecular complexity index is 2020. The standard InChI is InChI=1S/C46H49FN4O5S/c1-45(2,3)56-44(54)50-51(28-14-30-57-46(33-15-7-4-8-16-33,34-17-9-5-10-18-34)35-19-11-6-12-20-35)40-27-29-55-41-37(40)21-13-22-38(41)43(53)49-39(42(48)52)31-32-23-25-36(47)26-24-32/h4-13,15-26,39-40H,14,27-31H2,1-3H3,(H2,48,52)(H,49,53)(H,50,54)/t39-,40-/m0/s1. The third kappa shape index (κ3) is 10.2. The first-order valence-electron chi connectivity index (χ1n) is 19.1. The number of benzene rings is 5. The van der Waals surface area contributed by atoms with Crippen LogP contribution in [0.5, 0.6) is 5.75 Å². The fourth-order valence-corrected chi connectivity index (χ4v) is 8.65. The van der Waals surface area contributed by atoms with E-state index in [1.54, 1.807) is 24.3 Å². The second-order valence-electron chi connectivity index (χ2n) is 14.9. The van der Waals surface area contributed by atoms with E-state index in [1.165, 1.54) is 12.1 Å². The predicted octanol–water partition coefficient (Wildman–Crippen LogP) is 8.33. The molecule has 3 amide bonds. The van der Waals surface area contributed by atoms with Crippen LogP contribution in [0.25, 0.3) is 0 Å². The van der Waals surface area contributed by atoms with Crippen molar-refractivity contribution in [3.05, 3.63) is 173 Å². The van der Waals surface area contributed by atoms with Gasteiger partial charge in [0.25, 0.3) is 5.91 Å². The molecule has 0 saturated heterocycles. The molecule has 0 aliphatic carbocycles. The zero-order valence-electron chi connectivity index (χ0n) is 32.5. The first kappa shape index (κ1) is 41.0. The van der Waals surface area contributed by atoms with Crippen LogP contribution < -0.4 is 21.2 Å². The number of hydrogen-bond acceptors (Lipinski definition) is 7. The largest absolute Gasteiger partial charge is 0.492 e. The molecule has 1 heterocycles. The van der Waals surface area contributed by atoms with Gasteiger partial charge in [-0.1, -0.05) is 115 Å². The van der Waals surface area contributed by atoms with Crippen molar-refractivity contribution >= 4 is 29.7 Å². The van der Waals surface area contributed by atoms with Crippen LogP contribution in [0.1, 0.15) is 77.8 Å². The second-order valence-corrected chi connectivity index (χ2v) is 16.2. The zero-order valence-corrected chi connectivity index (χ0v) is 33.3. The molecular formula is C46H49FN4O5S. The van der Waals surface area contributed by atoms with E-state index in [0.29, 0.717) is 36.3 Å². The summed E-state index contributed by atoms with van der Waals surface area (Å²) < 4.78 is 24.9. The number of carbonyl (C=O) groups excluding carboxylic acids is 3. The summed E-state index contributed by atoms with van der Waals surface area (Å²) in [4.78, 5) is 39.6. The third-order valence-corrected chi connectivity index (χ3v) is 11.3. The van der Waals surface area contributed by atoms with Crippen LogP contribution >= 0.6 is 11.8 Å². The minimum Gasteiger partial charge on any atom is -0.492 e. The minimum atomic E-state index is -1.05. The number of nitrogens with zero attached hydrogens (tertiary/aromatic N) is 1. The Hall–Kier alpha value is -5.65. The van der Waals surface area contributed by atoms with Crippen molar-refractivity contribution < 1.29 is 28.2 Å². The molecule has 0 bridgehead atoms. The van der Waals surface area contributed by atoms with Crippen LogP contribution in [0, 0.1) is 5.82 Å². The number of amides is 3. The van der Waals surface area contributed by atoms with Crippen molar-refractivity contribution in [3.63, 3.8) is 0 Å². The Labute approximate surface area is 338 Å². The summed E-state index contributed by atoms with van der Waals surface area (Å²) in [5, 5.41) is 4.63. The fraction of sp³-hybridized carbons (Fsp3) is 0.283. The number of thioether (sulfide) groups is 1. The Morgan fingerprint density at radius 1 is 0.842 bits per heavy atom. The molecule has 57 heavy (non-hydrogen) atoms. The summed E-state index contributed by atoms with van der Waals surface area (Å²) in [6.07, 6.45) is 0.711. The molecule has 4 N–H and O–H groups in total. The highest BCUT2D eigenvalue weighted by atomic mass is 32.2. The SMILES string of the molecule is CC(C)(C)OC(=O)NN(CCCSC(c1ccccc1)(c1ccccc1)c1ccccc1)[C@H]1CCOc2c(C(=O)N[C@@H](Cc3ccc(F)cc3)C(N)=O)cccc21. The van der Waals surface area contributed by atoms with Crippen LogP contribution in [-0.2, 0) is 20.7 Å². The van der Waals surface area contributed by atoms with Gasteiger partial charge in [-0.05, 0) is 73.4 Å². The van der Waals surface area contributed by atoms with Gasteiger partial charge in [-0.15, -0.1) is 11.8 Å². The number of hydrogen-bond donors (Lipinski definition) is 3. The highest BCUT2D eigenvalue weighted by Gasteiger charge is 2.37. The normalized spacial score (nSPS) is 14.5. The molecule has 0 spiro atoms. The summed E-state index contributed by atoms with van der Waals surface area (Å²) in [5.41, 5.74) is 13.1. The molecule has 1 aliphatic rings. The van der Waals surface area contributed by atoms with Crippen molar-refractivity contribution in [2.24, 2.45) is 5.73 Å². The van der Waals surface area contributed by atoms with E-state index in [1.807, 2.05) is 61.8 Å². The summed E-state index contributed by atoms with van der Waals surface area (Å²) in [7, 11) is 0. The number of ether oxygens (including phenoxy) is 2. The summed E-state index contributed by atoms with van der Waals surface area (Å²) in [5.74, 6) is -0.586. The number of nitrogens with one attached hydrogen (secondary N) is 2. The third-order valence-electron chi connectivity index (χ3n) is 9.70. The number of nitrogens with two attached hydrogens (primary N) is 1. The van der Waals surface area contributed by atoms with Crippen LogP contribution in [0.4, 0.5) is 9.18 Å². The van der Waals surface area contributed by atoms with E-state index < -0.39 is 40.1 Å². The van der Waals surface area contributed by atoms with Crippen molar-refractivity contribution in [1.82, 2.24) is 15.8 Å². The number of halogens is 1. The number of fused-ring (bicyclic) bond motifs is 1. The van der Waals surface area contributed by atoms with E-state index >= 15 is 0 Å². The number of hydrazine groups is 1. The van der Waals surface area contributed by atoms with E-state index in [4.69, 9.17) is 15.2 Å². The maximum atomic E-state index is 13.8. The lowest BCUT2D eigenvalue weighted by atomic mass is 9.84. The van der Waals surface area contributed by atoms with Gasteiger partial charge in [0.1, 0.15) is 23.2 Å². The molecule has 0 unspecified atom stereocenters. The Morgan fingerprint density at radius 2 is 1.42 bits per heavy atom. The molecule has 0 radical (unpaired) electrons. The lowest BCUT2D eigenvalue weighted by Crippen LogP contribution is -2.48. The van der Waals surface area contributed by atoms with E-state index in [-0.39, 0.29) is 24.6 Å². The maximum absolute atomic E-state index is 13.8. The van der Waals surface area contributed by atoms with E-state index in [2.05, 4.69) is 83.5 Å². The lowest BCUT2D eigenvalue weighted by molar-refractivity contribution is -0.119.